The number of aromatic nitrogens is 2. The summed E-state index contributed by atoms with van der Waals surface area (Å²) in [5.74, 6) is -0.897. The first-order chi connectivity index (χ1) is 12.2. The van der Waals surface area contributed by atoms with Crippen molar-refractivity contribution in [3.05, 3.63) is 72.1 Å². The minimum atomic E-state index is -0.514. The number of carbonyl (C=O) groups excluding carboxylic acids is 2. The number of benzene rings is 2. The Morgan fingerprint density at radius 2 is 1.76 bits per heavy atom. The van der Waals surface area contributed by atoms with E-state index >= 15 is 0 Å². The number of amides is 1. The number of anilines is 1. The summed E-state index contributed by atoms with van der Waals surface area (Å²) in [5, 5.41) is 2.66. The van der Waals surface area contributed by atoms with Crippen LogP contribution in [0.25, 0.3) is 17.1 Å². The van der Waals surface area contributed by atoms with Crippen LogP contribution in [0.4, 0.5) is 5.69 Å². The molecule has 0 fully saturated rings. The zero-order valence-corrected chi connectivity index (χ0v) is 13.5. The molecule has 1 aromatic heterocycles. The average Bonchev–Trinajstić information content (AvgIpc) is 2.66. The molecule has 0 atom stereocenters. The Balaban J connectivity index is 1.76. The predicted molar refractivity (Wildman–Crippen MR) is 95.0 cm³/mol. The standard InChI is InChI=1S/C19H15N3O3/c1-25-19(24)14-6-2-3-7-15(14)22-18(23)11-10-13-12-20-16-8-4-5-9-17(16)21-13/h2-12H,1H3,(H,22,23). The highest BCUT2D eigenvalue weighted by Crippen LogP contribution is 2.16. The van der Waals surface area contributed by atoms with Crippen LogP contribution in [0.1, 0.15) is 16.1 Å². The van der Waals surface area contributed by atoms with Gasteiger partial charge in [0, 0.05) is 6.08 Å². The summed E-state index contributed by atoms with van der Waals surface area (Å²) >= 11 is 0. The van der Waals surface area contributed by atoms with Crippen LogP contribution in [0, 0.1) is 0 Å². The van der Waals surface area contributed by atoms with E-state index in [9.17, 15) is 9.59 Å². The average molecular weight is 333 g/mol. The second-order valence-corrected chi connectivity index (χ2v) is 5.14. The second-order valence-electron chi connectivity index (χ2n) is 5.14. The number of para-hydroxylation sites is 3. The summed E-state index contributed by atoms with van der Waals surface area (Å²) in [5.41, 5.74) is 2.78. The molecule has 3 rings (SSSR count). The first-order valence-corrected chi connectivity index (χ1v) is 7.55. The summed E-state index contributed by atoms with van der Waals surface area (Å²) in [6.45, 7) is 0. The molecule has 0 saturated carbocycles. The van der Waals surface area contributed by atoms with E-state index in [-0.39, 0.29) is 11.5 Å². The first-order valence-electron chi connectivity index (χ1n) is 7.55. The van der Waals surface area contributed by atoms with Crippen LogP contribution in [-0.2, 0) is 9.53 Å². The number of hydrogen-bond acceptors (Lipinski definition) is 5. The highest BCUT2D eigenvalue weighted by Gasteiger charge is 2.12. The molecule has 0 radical (unpaired) electrons. The molecule has 0 aliphatic carbocycles. The maximum absolute atomic E-state index is 12.1. The molecule has 25 heavy (non-hydrogen) atoms. The summed E-state index contributed by atoms with van der Waals surface area (Å²) in [6, 6.07) is 14.1. The van der Waals surface area contributed by atoms with Crippen LogP contribution in [0.5, 0.6) is 0 Å². The van der Waals surface area contributed by atoms with Crippen LogP contribution in [-0.4, -0.2) is 29.0 Å². The van der Waals surface area contributed by atoms with Gasteiger partial charge in [0.25, 0.3) is 0 Å². The summed E-state index contributed by atoms with van der Waals surface area (Å²) in [7, 11) is 1.29. The van der Waals surface area contributed by atoms with E-state index in [1.165, 1.54) is 13.2 Å². The third-order valence-corrected chi connectivity index (χ3v) is 3.46. The highest BCUT2D eigenvalue weighted by molar-refractivity contribution is 6.06. The van der Waals surface area contributed by atoms with Gasteiger partial charge in [-0.05, 0) is 30.3 Å². The van der Waals surface area contributed by atoms with Crippen LogP contribution < -0.4 is 5.32 Å². The minimum absolute atomic E-state index is 0.289. The molecule has 0 spiro atoms. The number of nitrogens with one attached hydrogen (secondary N) is 1. The number of methoxy groups -OCH3 is 1. The lowest BCUT2D eigenvalue weighted by molar-refractivity contribution is -0.111. The molecule has 0 bridgehead atoms. The van der Waals surface area contributed by atoms with Crippen molar-refractivity contribution in [2.24, 2.45) is 0 Å². The number of carbonyl (C=O) groups is 2. The van der Waals surface area contributed by atoms with Crippen LogP contribution >= 0.6 is 0 Å². The maximum atomic E-state index is 12.1. The van der Waals surface area contributed by atoms with Crippen LogP contribution in [0.3, 0.4) is 0 Å². The topological polar surface area (TPSA) is 81.2 Å². The van der Waals surface area contributed by atoms with Gasteiger partial charge in [0.05, 0.1) is 41.3 Å². The van der Waals surface area contributed by atoms with Gasteiger partial charge in [0.15, 0.2) is 0 Å². The molecule has 2 aromatic carbocycles. The lowest BCUT2D eigenvalue weighted by Crippen LogP contribution is -2.12. The van der Waals surface area contributed by atoms with Crippen molar-refractivity contribution in [2.45, 2.75) is 0 Å². The first kappa shape index (κ1) is 16.3. The zero-order valence-electron chi connectivity index (χ0n) is 13.5. The normalized spacial score (nSPS) is 10.8. The van der Waals surface area contributed by atoms with Gasteiger partial charge in [-0.25, -0.2) is 9.78 Å². The third-order valence-electron chi connectivity index (χ3n) is 3.46. The molecule has 6 nitrogen and oxygen atoms in total. The zero-order chi connectivity index (χ0) is 17.6. The number of ether oxygens (including phenoxy) is 1. The Kier molecular flexibility index (Phi) is 4.80. The molecule has 1 heterocycles. The van der Waals surface area contributed by atoms with Gasteiger partial charge in [-0.2, -0.15) is 0 Å². The Morgan fingerprint density at radius 3 is 2.56 bits per heavy atom. The summed E-state index contributed by atoms with van der Waals surface area (Å²) < 4.78 is 4.70. The number of esters is 1. The molecule has 0 unspecified atom stereocenters. The maximum Gasteiger partial charge on any atom is 0.339 e. The summed E-state index contributed by atoms with van der Waals surface area (Å²) in [6.07, 6.45) is 4.50. The Bertz CT molecular complexity index is 967. The molecule has 0 aliphatic heterocycles. The molecular formula is C19H15N3O3. The van der Waals surface area contributed by atoms with E-state index in [0.29, 0.717) is 11.4 Å². The number of fused-ring (bicyclic) bond motifs is 1. The molecule has 1 amide bonds. The Morgan fingerprint density at radius 1 is 1.04 bits per heavy atom. The molecule has 0 aliphatic rings. The molecule has 3 aromatic rings. The predicted octanol–water partition coefficient (Wildman–Crippen LogP) is 3.07. The van der Waals surface area contributed by atoms with Crippen molar-refractivity contribution < 1.29 is 14.3 Å². The summed E-state index contributed by atoms with van der Waals surface area (Å²) in [4.78, 5) is 32.5. The Hall–Kier alpha value is -3.54. The van der Waals surface area contributed by atoms with Crippen LogP contribution in [0.2, 0.25) is 0 Å². The second kappa shape index (κ2) is 7.35. The van der Waals surface area contributed by atoms with Crippen molar-refractivity contribution in [1.29, 1.82) is 0 Å². The van der Waals surface area contributed by atoms with Crippen molar-refractivity contribution in [3.8, 4) is 0 Å². The van der Waals surface area contributed by atoms with Gasteiger partial charge in [-0.1, -0.05) is 24.3 Å². The SMILES string of the molecule is COC(=O)c1ccccc1NC(=O)C=Cc1cnc2ccccc2n1. The van der Waals surface area contributed by atoms with E-state index in [4.69, 9.17) is 4.74 Å². The molecule has 6 heteroatoms. The van der Waals surface area contributed by atoms with E-state index < -0.39 is 5.97 Å². The Labute approximate surface area is 144 Å². The number of hydrogen-bond donors (Lipinski definition) is 1. The van der Waals surface area contributed by atoms with Crippen molar-refractivity contribution in [1.82, 2.24) is 9.97 Å². The van der Waals surface area contributed by atoms with E-state index in [2.05, 4.69) is 15.3 Å². The molecule has 0 saturated heterocycles. The fourth-order valence-electron chi connectivity index (χ4n) is 2.27. The fourth-order valence-corrected chi connectivity index (χ4v) is 2.27. The molecular weight excluding hydrogens is 318 g/mol. The molecule has 124 valence electrons. The van der Waals surface area contributed by atoms with E-state index in [0.717, 1.165) is 11.0 Å². The van der Waals surface area contributed by atoms with Crippen molar-refractivity contribution in [3.63, 3.8) is 0 Å². The van der Waals surface area contributed by atoms with Gasteiger partial charge in [-0.15, -0.1) is 0 Å². The van der Waals surface area contributed by atoms with Gasteiger partial charge in [-0.3, -0.25) is 9.78 Å². The van der Waals surface area contributed by atoms with Gasteiger partial charge in [0.2, 0.25) is 5.91 Å². The van der Waals surface area contributed by atoms with E-state index in [1.54, 1.807) is 36.5 Å². The van der Waals surface area contributed by atoms with Gasteiger partial charge >= 0.3 is 5.97 Å². The lowest BCUT2D eigenvalue weighted by atomic mass is 10.2. The van der Waals surface area contributed by atoms with Gasteiger partial charge < -0.3 is 10.1 Å². The largest absolute Gasteiger partial charge is 0.465 e. The number of nitrogens with zero attached hydrogens (tertiary/aromatic N) is 2. The fraction of sp³-hybridized carbons (Fsp3) is 0.0526. The van der Waals surface area contributed by atoms with Gasteiger partial charge in [0.1, 0.15) is 0 Å². The lowest BCUT2D eigenvalue weighted by Gasteiger charge is -2.07. The quantitative estimate of drug-likeness (QED) is 0.586. The highest BCUT2D eigenvalue weighted by atomic mass is 16.5. The van der Waals surface area contributed by atoms with E-state index in [1.807, 2.05) is 24.3 Å². The number of rotatable bonds is 4. The van der Waals surface area contributed by atoms with Crippen molar-refractivity contribution >= 4 is 34.7 Å². The monoisotopic (exact) mass is 333 g/mol. The van der Waals surface area contributed by atoms with Crippen LogP contribution in [0.15, 0.2) is 60.8 Å². The smallest absolute Gasteiger partial charge is 0.339 e. The van der Waals surface area contributed by atoms with Crippen molar-refractivity contribution in [2.75, 3.05) is 12.4 Å². The third kappa shape index (κ3) is 3.87. The molecule has 1 N–H and O–H groups in total. The minimum Gasteiger partial charge on any atom is -0.465 e.